The van der Waals surface area contributed by atoms with Gasteiger partial charge in [0.15, 0.2) is 0 Å². The summed E-state index contributed by atoms with van der Waals surface area (Å²) in [6, 6.07) is 8.47. The molecule has 1 heterocycles. The molecular weight excluding hydrogens is 264 g/mol. The molecule has 1 atom stereocenters. The molecule has 0 radical (unpaired) electrons. The molecule has 0 aliphatic carbocycles. The Morgan fingerprint density at radius 1 is 1.24 bits per heavy atom. The Balaban J connectivity index is 1.83. The molecule has 118 valence electrons. The van der Waals surface area contributed by atoms with Crippen LogP contribution < -0.4 is 4.74 Å². The highest BCUT2D eigenvalue weighted by Gasteiger charge is 2.22. The molecule has 1 aromatic carbocycles. The predicted molar refractivity (Wildman–Crippen MR) is 85.7 cm³/mol. The van der Waals surface area contributed by atoms with E-state index in [1.165, 1.54) is 12.8 Å². The molecule has 4 heteroatoms. The standard InChI is InChI=1S/C17H28N2O2/c1-4-21-16-7-5-14(6-8-16)17(20)13-19-11-9-15(10-12-19)18(2)3/h5-8,15,17,20H,4,9-13H2,1-3H3. The molecular formula is C17H28N2O2. The van der Waals surface area contributed by atoms with Gasteiger partial charge in [0.05, 0.1) is 12.7 Å². The smallest absolute Gasteiger partial charge is 0.119 e. The van der Waals surface area contributed by atoms with Gasteiger partial charge < -0.3 is 19.6 Å². The molecule has 1 unspecified atom stereocenters. The van der Waals surface area contributed by atoms with Crippen LogP contribution in [0.3, 0.4) is 0 Å². The van der Waals surface area contributed by atoms with Crippen molar-refractivity contribution in [2.24, 2.45) is 0 Å². The van der Waals surface area contributed by atoms with Crippen molar-refractivity contribution in [1.29, 1.82) is 0 Å². The van der Waals surface area contributed by atoms with Crippen LogP contribution in [0.2, 0.25) is 0 Å². The van der Waals surface area contributed by atoms with Crippen molar-refractivity contribution in [2.75, 3.05) is 40.3 Å². The highest BCUT2D eigenvalue weighted by atomic mass is 16.5. The minimum Gasteiger partial charge on any atom is -0.494 e. The van der Waals surface area contributed by atoms with E-state index in [1.807, 2.05) is 31.2 Å². The number of aliphatic hydroxyl groups is 1. The summed E-state index contributed by atoms with van der Waals surface area (Å²) in [6.45, 7) is 5.49. The van der Waals surface area contributed by atoms with Crippen LogP contribution in [-0.4, -0.2) is 61.3 Å². The van der Waals surface area contributed by atoms with Crippen LogP contribution in [0.5, 0.6) is 5.75 Å². The number of β-amino-alcohol motifs (C(OH)–C–C–N with tert-alkyl or cyclic N) is 1. The number of piperidine rings is 1. The topological polar surface area (TPSA) is 35.9 Å². The third kappa shape index (κ3) is 4.70. The second-order valence-electron chi connectivity index (χ2n) is 6.01. The molecule has 0 amide bonds. The Bertz CT molecular complexity index is 411. The summed E-state index contributed by atoms with van der Waals surface area (Å²) in [5.41, 5.74) is 0.966. The molecule has 21 heavy (non-hydrogen) atoms. The number of aliphatic hydroxyl groups excluding tert-OH is 1. The molecule has 4 nitrogen and oxygen atoms in total. The van der Waals surface area contributed by atoms with Crippen molar-refractivity contribution in [3.8, 4) is 5.75 Å². The zero-order chi connectivity index (χ0) is 15.2. The summed E-state index contributed by atoms with van der Waals surface area (Å²) in [4.78, 5) is 4.67. The van der Waals surface area contributed by atoms with Gasteiger partial charge in [0.25, 0.3) is 0 Å². The first-order valence-corrected chi connectivity index (χ1v) is 7.89. The number of rotatable bonds is 6. The monoisotopic (exact) mass is 292 g/mol. The van der Waals surface area contributed by atoms with Gasteiger partial charge in [-0.05, 0) is 64.6 Å². The van der Waals surface area contributed by atoms with Gasteiger partial charge in [-0.1, -0.05) is 12.1 Å². The third-order valence-electron chi connectivity index (χ3n) is 4.29. The average molecular weight is 292 g/mol. The lowest BCUT2D eigenvalue weighted by Gasteiger charge is -2.36. The second kappa shape index (κ2) is 7.78. The average Bonchev–Trinajstić information content (AvgIpc) is 2.49. The molecule has 0 spiro atoms. The molecule has 1 N–H and O–H groups in total. The van der Waals surface area contributed by atoms with Crippen molar-refractivity contribution in [3.05, 3.63) is 29.8 Å². The third-order valence-corrected chi connectivity index (χ3v) is 4.29. The first-order valence-electron chi connectivity index (χ1n) is 7.89. The van der Waals surface area contributed by atoms with Crippen molar-refractivity contribution in [2.45, 2.75) is 31.9 Å². The number of likely N-dealkylation sites (tertiary alicyclic amines) is 1. The van der Waals surface area contributed by atoms with Crippen LogP contribution in [0.4, 0.5) is 0 Å². The predicted octanol–water partition coefficient (Wildman–Crippen LogP) is 2.14. The van der Waals surface area contributed by atoms with E-state index in [0.717, 1.165) is 24.4 Å². The minimum absolute atomic E-state index is 0.420. The first kappa shape index (κ1) is 16.3. The van der Waals surface area contributed by atoms with Crippen molar-refractivity contribution in [3.63, 3.8) is 0 Å². The van der Waals surface area contributed by atoms with E-state index in [-0.39, 0.29) is 0 Å². The largest absolute Gasteiger partial charge is 0.494 e. The van der Waals surface area contributed by atoms with Crippen LogP contribution in [0.1, 0.15) is 31.4 Å². The lowest BCUT2D eigenvalue weighted by atomic mass is 10.0. The Morgan fingerprint density at radius 3 is 2.38 bits per heavy atom. The van der Waals surface area contributed by atoms with Crippen molar-refractivity contribution in [1.82, 2.24) is 9.80 Å². The SMILES string of the molecule is CCOc1ccc(C(O)CN2CCC(N(C)C)CC2)cc1. The molecule has 1 aromatic rings. The van der Waals surface area contributed by atoms with Gasteiger partial charge in [0, 0.05) is 12.6 Å². The fraction of sp³-hybridized carbons (Fsp3) is 0.647. The number of nitrogens with zero attached hydrogens (tertiary/aromatic N) is 2. The van der Waals surface area contributed by atoms with Gasteiger partial charge in [0.2, 0.25) is 0 Å². The summed E-state index contributed by atoms with van der Waals surface area (Å²) >= 11 is 0. The fourth-order valence-corrected chi connectivity index (χ4v) is 2.92. The lowest BCUT2D eigenvalue weighted by Crippen LogP contribution is -2.43. The summed E-state index contributed by atoms with van der Waals surface area (Å²) in [6.07, 6.45) is 1.95. The molecule has 1 aliphatic rings. The first-order chi connectivity index (χ1) is 10.1. The lowest BCUT2D eigenvalue weighted by molar-refractivity contribution is 0.0798. The van der Waals surface area contributed by atoms with E-state index in [2.05, 4.69) is 23.9 Å². The molecule has 1 fully saturated rings. The maximum absolute atomic E-state index is 10.4. The maximum Gasteiger partial charge on any atom is 0.119 e. The summed E-state index contributed by atoms with van der Waals surface area (Å²) in [5.74, 6) is 0.861. The summed E-state index contributed by atoms with van der Waals surface area (Å²) in [7, 11) is 4.30. The minimum atomic E-state index is -0.420. The number of benzene rings is 1. The van der Waals surface area contributed by atoms with E-state index in [4.69, 9.17) is 4.74 Å². The number of ether oxygens (including phenoxy) is 1. The Hall–Kier alpha value is -1.10. The number of hydrogen-bond acceptors (Lipinski definition) is 4. The van der Waals surface area contributed by atoms with E-state index in [9.17, 15) is 5.11 Å². The van der Waals surface area contributed by atoms with Crippen LogP contribution >= 0.6 is 0 Å². The molecule has 2 rings (SSSR count). The van der Waals surface area contributed by atoms with E-state index >= 15 is 0 Å². The molecule has 0 saturated carbocycles. The van der Waals surface area contributed by atoms with Crippen LogP contribution in [-0.2, 0) is 0 Å². The molecule has 1 aliphatic heterocycles. The summed E-state index contributed by atoms with van der Waals surface area (Å²) < 4.78 is 5.43. The number of hydrogen-bond donors (Lipinski definition) is 1. The van der Waals surface area contributed by atoms with E-state index in [1.54, 1.807) is 0 Å². The zero-order valence-electron chi connectivity index (χ0n) is 13.5. The highest BCUT2D eigenvalue weighted by Crippen LogP contribution is 2.21. The van der Waals surface area contributed by atoms with Gasteiger partial charge in [-0.2, -0.15) is 0 Å². The Labute approximate surface area is 128 Å². The van der Waals surface area contributed by atoms with E-state index < -0.39 is 6.10 Å². The zero-order valence-corrected chi connectivity index (χ0v) is 13.5. The highest BCUT2D eigenvalue weighted by molar-refractivity contribution is 5.28. The van der Waals surface area contributed by atoms with Gasteiger partial charge in [-0.15, -0.1) is 0 Å². The summed E-state index contributed by atoms with van der Waals surface area (Å²) in [5, 5.41) is 10.4. The maximum atomic E-state index is 10.4. The van der Waals surface area contributed by atoms with Gasteiger partial charge >= 0.3 is 0 Å². The quantitative estimate of drug-likeness (QED) is 0.871. The molecule has 0 aromatic heterocycles. The van der Waals surface area contributed by atoms with Gasteiger partial charge in [-0.3, -0.25) is 0 Å². The van der Waals surface area contributed by atoms with Gasteiger partial charge in [-0.25, -0.2) is 0 Å². The van der Waals surface area contributed by atoms with Crippen LogP contribution in [0.15, 0.2) is 24.3 Å². The fourth-order valence-electron chi connectivity index (χ4n) is 2.92. The molecule has 0 bridgehead atoms. The molecule has 1 saturated heterocycles. The van der Waals surface area contributed by atoms with E-state index in [0.29, 0.717) is 19.2 Å². The second-order valence-corrected chi connectivity index (χ2v) is 6.01. The van der Waals surface area contributed by atoms with Crippen LogP contribution in [0, 0.1) is 0 Å². The van der Waals surface area contributed by atoms with Crippen LogP contribution in [0.25, 0.3) is 0 Å². The van der Waals surface area contributed by atoms with Gasteiger partial charge in [0.1, 0.15) is 5.75 Å². The Morgan fingerprint density at radius 2 is 1.86 bits per heavy atom. The Kier molecular flexibility index (Phi) is 6.03. The van der Waals surface area contributed by atoms with Crippen molar-refractivity contribution >= 4 is 0 Å². The van der Waals surface area contributed by atoms with Crippen molar-refractivity contribution < 1.29 is 9.84 Å². The normalized spacial score (nSPS) is 18.9.